The first kappa shape index (κ1) is 16.3. The number of benzene rings is 2. The van der Waals surface area contributed by atoms with Crippen LogP contribution in [0.25, 0.3) is 0 Å². The van der Waals surface area contributed by atoms with Crippen LogP contribution in [0.4, 0.5) is 5.69 Å². The molecule has 2 rings (SSSR count). The first-order valence-corrected chi connectivity index (χ1v) is 8.19. The standard InChI is InChI=1S/C16H17Br2NO2/c1-11-2-3-13(18)8-16(11)19-9-14(20)10-21-15-6-4-12(17)5-7-15/h2-8,14,19-20H,9-10H2,1H3. The first-order valence-electron chi connectivity index (χ1n) is 6.61. The van der Waals surface area contributed by atoms with E-state index in [0.29, 0.717) is 6.54 Å². The van der Waals surface area contributed by atoms with E-state index in [2.05, 4.69) is 37.2 Å². The highest BCUT2D eigenvalue weighted by Crippen LogP contribution is 2.20. The highest BCUT2D eigenvalue weighted by molar-refractivity contribution is 9.10. The summed E-state index contributed by atoms with van der Waals surface area (Å²) in [6.07, 6.45) is -0.577. The Morgan fingerprint density at radius 1 is 1.10 bits per heavy atom. The maximum atomic E-state index is 9.98. The van der Waals surface area contributed by atoms with Gasteiger partial charge in [-0.15, -0.1) is 0 Å². The van der Waals surface area contributed by atoms with E-state index < -0.39 is 6.10 Å². The zero-order valence-electron chi connectivity index (χ0n) is 11.6. The number of aryl methyl sites for hydroxylation is 1. The Labute approximate surface area is 141 Å². The Balaban J connectivity index is 1.80. The summed E-state index contributed by atoms with van der Waals surface area (Å²) in [7, 11) is 0. The lowest BCUT2D eigenvalue weighted by atomic mass is 10.2. The Bertz CT molecular complexity index is 587. The maximum Gasteiger partial charge on any atom is 0.119 e. The van der Waals surface area contributed by atoms with Gasteiger partial charge in [0, 0.05) is 21.2 Å². The lowest BCUT2D eigenvalue weighted by Crippen LogP contribution is -2.26. The molecule has 0 bridgehead atoms. The van der Waals surface area contributed by atoms with Crippen molar-refractivity contribution in [3.63, 3.8) is 0 Å². The summed E-state index contributed by atoms with van der Waals surface area (Å²) in [6.45, 7) is 2.72. The van der Waals surface area contributed by atoms with E-state index in [1.165, 1.54) is 0 Å². The zero-order valence-corrected chi connectivity index (χ0v) is 14.8. The molecule has 0 amide bonds. The lowest BCUT2D eigenvalue weighted by Gasteiger charge is -2.15. The summed E-state index contributed by atoms with van der Waals surface area (Å²) in [6, 6.07) is 13.6. The van der Waals surface area contributed by atoms with Crippen molar-refractivity contribution in [3.8, 4) is 5.75 Å². The number of ether oxygens (including phenoxy) is 1. The minimum absolute atomic E-state index is 0.252. The summed E-state index contributed by atoms with van der Waals surface area (Å²) < 4.78 is 7.56. The fourth-order valence-corrected chi connectivity index (χ4v) is 2.42. The molecule has 2 aromatic rings. The van der Waals surface area contributed by atoms with Gasteiger partial charge < -0.3 is 15.2 Å². The molecule has 112 valence electrons. The second-order valence-corrected chi connectivity index (χ2v) is 6.59. The zero-order chi connectivity index (χ0) is 15.2. The van der Waals surface area contributed by atoms with Crippen LogP contribution >= 0.6 is 31.9 Å². The predicted octanol–water partition coefficient (Wildman–Crippen LogP) is 4.37. The summed E-state index contributed by atoms with van der Waals surface area (Å²) in [5.74, 6) is 0.746. The van der Waals surface area contributed by atoms with Crippen LogP contribution in [0.3, 0.4) is 0 Å². The number of aliphatic hydroxyl groups excluding tert-OH is 1. The van der Waals surface area contributed by atoms with E-state index in [1.807, 2.05) is 49.4 Å². The molecule has 0 fully saturated rings. The molecule has 0 heterocycles. The van der Waals surface area contributed by atoms with Gasteiger partial charge in [0.05, 0.1) is 0 Å². The summed E-state index contributed by atoms with van der Waals surface area (Å²) in [4.78, 5) is 0. The minimum atomic E-state index is -0.577. The first-order chi connectivity index (χ1) is 10.0. The molecule has 0 saturated carbocycles. The van der Waals surface area contributed by atoms with Crippen molar-refractivity contribution >= 4 is 37.5 Å². The van der Waals surface area contributed by atoms with Crippen LogP contribution in [0.1, 0.15) is 5.56 Å². The lowest BCUT2D eigenvalue weighted by molar-refractivity contribution is 0.117. The van der Waals surface area contributed by atoms with Gasteiger partial charge in [-0.1, -0.05) is 37.9 Å². The summed E-state index contributed by atoms with van der Waals surface area (Å²) in [5.41, 5.74) is 2.14. The van der Waals surface area contributed by atoms with Crippen molar-refractivity contribution in [2.75, 3.05) is 18.5 Å². The molecular weight excluding hydrogens is 398 g/mol. The fourth-order valence-electron chi connectivity index (χ4n) is 1.79. The van der Waals surface area contributed by atoms with Crippen molar-refractivity contribution in [3.05, 3.63) is 57.0 Å². The number of halogens is 2. The summed E-state index contributed by atoms with van der Waals surface area (Å²) in [5, 5.41) is 13.2. The molecule has 0 radical (unpaired) electrons. The van der Waals surface area contributed by atoms with Crippen LogP contribution in [0.15, 0.2) is 51.4 Å². The molecule has 0 aliphatic carbocycles. The molecule has 2 N–H and O–H groups in total. The molecule has 1 atom stereocenters. The van der Waals surface area contributed by atoms with Crippen molar-refractivity contribution in [2.45, 2.75) is 13.0 Å². The van der Waals surface area contributed by atoms with E-state index in [-0.39, 0.29) is 6.61 Å². The molecular formula is C16H17Br2NO2. The van der Waals surface area contributed by atoms with E-state index in [9.17, 15) is 5.11 Å². The van der Waals surface area contributed by atoms with Crippen LogP contribution in [0.2, 0.25) is 0 Å². The average Bonchev–Trinajstić information content (AvgIpc) is 2.47. The van der Waals surface area contributed by atoms with Gasteiger partial charge in [-0.3, -0.25) is 0 Å². The summed E-state index contributed by atoms with van der Waals surface area (Å²) >= 11 is 6.81. The molecule has 0 aromatic heterocycles. The normalized spacial score (nSPS) is 12.0. The molecule has 0 aliphatic rings. The molecule has 1 unspecified atom stereocenters. The number of hydrogen-bond acceptors (Lipinski definition) is 3. The molecule has 21 heavy (non-hydrogen) atoms. The number of rotatable bonds is 6. The highest BCUT2D eigenvalue weighted by atomic mass is 79.9. The molecule has 0 saturated heterocycles. The van der Waals surface area contributed by atoms with Crippen LogP contribution in [-0.4, -0.2) is 24.4 Å². The van der Waals surface area contributed by atoms with Gasteiger partial charge in [0.15, 0.2) is 0 Å². The van der Waals surface area contributed by atoms with E-state index in [0.717, 1.165) is 25.9 Å². The minimum Gasteiger partial charge on any atom is -0.491 e. The molecule has 5 heteroatoms. The average molecular weight is 415 g/mol. The fraction of sp³-hybridized carbons (Fsp3) is 0.250. The number of nitrogens with one attached hydrogen (secondary N) is 1. The van der Waals surface area contributed by atoms with Gasteiger partial charge in [0.25, 0.3) is 0 Å². The van der Waals surface area contributed by atoms with Gasteiger partial charge in [-0.05, 0) is 48.9 Å². The smallest absolute Gasteiger partial charge is 0.119 e. The van der Waals surface area contributed by atoms with Crippen LogP contribution < -0.4 is 10.1 Å². The predicted molar refractivity (Wildman–Crippen MR) is 93.0 cm³/mol. The maximum absolute atomic E-state index is 9.98. The van der Waals surface area contributed by atoms with Crippen LogP contribution in [0, 0.1) is 6.92 Å². The van der Waals surface area contributed by atoms with Crippen molar-refractivity contribution < 1.29 is 9.84 Å². The third-order valence-corrected chi connectivity index (χ3v) is 4.01. The number of aliphatic hydroxyl groups is 1. The Hall–Kier alpha value is -1.04. The topological polar surface area (TPSA) is 41.5 Å². The van der Waals surface area contributed by atoms with Gasteiger partial charge >= 0.3 is 0 Å². The van der Waals surface area contributed by atoms with Gasteiger partial charge in [0.1, 0.15) is 18.5 Å². The van der Waals surface area contributed by atoms with Crippen molar-refractivity contribution in [1.29, 1.82) is 0 Å². The largest absolute Gasteiger partial charge is 0.491 e. The molecule has 3 nitrogen and oxygen atoms in total. The molecule has 0 aliphatic heterocycles. The monoisotopic (exact) mass is 413 g/mol. The van der Waals surface area contributed by atoms with E-state index in [4.69, 9.17) is 4.74 Å². The van der Waals surface area contributed by atoms with Crippen molar-refractivity contribution in [2.24, 2.45) is 0 Å². The Morgan fingerprint density at radius 2 is 1.76 bits per heavy atom. The van der Waals surface area contributed by atoms with Gasteiger partial charge in [-0.2, -0.15) is 0 Å². The van der Waals surface area contributed by atoms with Gasteiger partial charge in [0.2, 0.25) is 0 Å². The second-order valence-electron chi connectivity index (χ2n) is 4.76. The highest BCUT2D eigenvalue weighted by Gasteiger charge is 2.07. The number of anilines is 1. The SMILES string of the molecule is Cc1ccc(Br)cc1NCC(O)COc1ccc(Br)cc1. The molecule has 0 spiro atoms. The van der Waals surface area contributed by atoms with E-state index >= 15 is 0 Å². The van der Waals surface area contributed by atoms with Crippen LogP contribution in [-0.2, 0) is 0 Å². The van der Waals surface area contributed by atoms with E-state index in [1.54, 1.807) is 0 Å². The second kappa shape index (κ2) is 7.82. The van der Waals surface area contributed by atoms with Crippen LogP contribution in [0.5, 0.6) is 5.75 Å². The third kappa shape index (κ3) is 5.34. The Morgan fingerprint density at radius 3 is 2.48 bits per heavy atom. The Kier molecular flexibility index (Phi) is 6.08. The molecule has 2 aromatic carbocycles. The third-order valence-electron chi connectivity index (χ3n) is 2.98. The van der Waals surface area contributed by atoms with Gasteiger partial charge in [-0.25, -0.2) is 0 Å². The quantitative estimate of drug-likeness (QED) is 0.737. The van der Waals surface area contributed by atoms with Crippen molar-refractivity contribution in [1.82, 2.24) is 0 Å². The number of hydrogen-bond donors (Lipinski definition) is 2.